The summed E-state index contributed by atoms with van der Waals surface area (Å²) in [7, 11) is 0. The Balaban J connectivity index is 2.15. The normalized spacial score (nSPS) is 11.6. The standard InChI is InChI=1S/C13H8BrN3/c14-10-1-3-12-8(6-10)5-9-7-11(16-17-15)2-4-13(9)12/h1-4,6-7H,5H2. The minimum Gasteiger partial charge on any atom is -0.0608 e. The molecule has 0 fully saturated rings. The molecule has 3 rings (SSSR count). The number of nitrogens with zero attached hydrogens (tertiary/aromatic N) is 3. The fourth-order valence-corrected chi connectivity index (χ4v) is 2.69. The third-order valence-electron chi connectivity index (χ3n) is 2.99. The van der Waals surface area contributed by atoms with Crippen LogP contribution in [0.2, 0.25) is 0 Å². The van der Waals surface area contributed by atoms with E-state index >= 15 is 0 Å². The number of azide groups is 1. The van der Waals surface area contributed by atoms with Gasteiger partial charge in [-0.3, -0.25) is 0 Å². The van der Waals surface area contributed by atoms with Gasteiger partial charge in [0.2, 0.25) is 0 Å². The van der Waals surface area contributed by atoms with E-state index < -0.39 is 0 Å². The Morgan fingerprint density at radius 2 is 1.76 bits per heavy atom. The number of hydrogen-bond acceptors (Lipinski definition) is 1. The van der Waals surface area contributed by atoms with Gasteiger partial charge in [-0.2, -0.15) is 0 Å². The third kappa shape index (κ3) is 1.71. The first kappa shape index (κ1) is 10.4. The largest absolute Gasteiger partial charge is 0.0608 e. The van der Waals surface area contributed by atoms with Crippen LogP contribution in [0.15, 0.2) is 46.0 Å². The zero-order chi connectivity index (χ0) is 11.8. The molecule has 0 radical (unpaired) electrons. The molecule has 17 heavy (non-hydrogen) atoms. The number of benzene rings is 2. The maximum Gasteiger partial charge on any atom is 0.0378 e. The zero-order valence-corrected chi connectivity index (χ0v) is 10.5. The molecule has 0 bridgehead atoms. The Labute approximate surface area is 107 Å². The molecule has 1 aliphatic carbocycles. The number of hydrogen-bond donors (Lipinski definition) is 0. The van der Waals surface area contributed by atoms with Crippen molar-refractivity contribution in [2.75, 3.05) is 0 Å². The zero-order valence-electron chi connectivity index (χ0n) is 8.89. The minimum atomic E-state index is 0.679. The molecular formula is C13H8BrN3. The van der Waals surface area contributed by atoms with Crippen LogP contribution < -0.4 is 0 Å². The quantitative estimate of drug-likeness (QED) is 0.345. The maximum absolute atomic E-state index is 8.43. The number of halogens is 1. The molecule has 0 N–H and O–H groups in total. The summed E-state index contributed by atoms with van der Waals surface area (Å²) < 4.78 is 1.10. The summed E-state index contributed by atoms with van der Waals surface area (Å²) in [6, 6.07) is 12.2. The molecule has 0 aliphatic heterocycles. The Bertz CT molecular complexity index is 658. The molecule has 0 saturated heterocycles. The SMILES string of the molecule is [N-]=[N+]=Nc1ccc2c(c1)Cc1cc(Br)ccc1-2. The van der Waals surface area contributed by atoms with E-state index in [4.69, 9.17) is 5.53 Å². The van der Waals surface area contributed by atoms with Crippen molar-refractivity contribution >= 4 is 21.6 Å². The fourth-order valence-electron chi connectivity index (χ4n) is 2.28. The molecule has 0 amide bonds. The van der Waals surface area contributed by atoms with Gasteiger partial charge in [-0.1, -0.05) is 39.2 Å². The van der Waals surface area contributed by atoms with Crippen molar-refractivity contribution in [1.29, 1.82) is 0 Å². The third-order valence-corrected chi connectivity index (χ3v) is 3.48. The Hall–Kier alpha value is -1.77. The fraction of sp³-hybridized carbons (Fsp3) is 0.0769. The molecule has 0 spiro atoms. The van der Waals surface area contributed by atoms with Crippen molar-refractivity contribution < 1.29 is 0 Å². The van der Waals surface area contributed by atoms with Crippen molar-refractivity contribution in [3.8, 4) is 11.1 Å². The van der Waals surface area contributed by atoms with Crippen LogP contribution in [0.4, 0.5) is 5.69 Å². The molecule has 2 aromatic carbocycles. The summed E-state index contributed by atoms with van der Waals surface area (Å²) >= 11 is 3.48. The second kappa shape index (κ2) is 3.91. The highest BCUT2D eigenvalue weighted by atomic mass is 79.9. The van der Waals surface area contributed by atoms with Crippen LogP contribution in [0.3, 0.4) is 0 Å². The average Bonchev–Trinajstić information content (AvgIpc) is 2.65. The number of fused-ring (bicyclic) bond motifs is 3. The molecule has 82 valence electrons. The first-order valence-electron chi connectivity index (χ1n) is 5.25. The van der Waals surface area contributed by atoms with E-state index in [1.165, 1.54) is 22.3 Å². The van der Waals surface area contributed by atoms with E-state index in [0.717, 1.165) is 10.9 Å². The Morgan fingerprint density at radius 3 is 2.53 bits per heavy atom. The van der Waals surface area contributed by atoms with Crippen LogP contribution in [0.25, 0.3) is 21.6 Å². The van der Waals surface area contributed by atoms with E-state index in [-0.39, 0.29) is 0 Å². The molecule has 4 heteroatoms. The summed E-state index contributed by atoms with van der Waals surface area (Å²) in [6.45, 7) is 0. The second-order valence-corrected chi connectivity index (χ2v) is 4.92. The maximum atomic E-state index is 8.43. The van der Waals surface area contributed by atoms with E-state index in [0.29, 0.717) is 5.69 Å². The topological polar surface area (TPSA) is 48.8 Å². The van der Waals surface area contributed by atoms with Crippen molar-refractivity contribution in [2.45, 2.75) is 6.42 Å². The van der Waals surface area contributed by atoms with Gasteiger partial charge in [-0.05, 0) is 52.4 Å². The van der Waals surface area contributed by atoms with Gasteiger partial charge in [0.15, 0.2) is 0 Å². The lowest BCUT2D eigenvalue weighted by molar-refractivity contribution is 1.25. The molecular weight excluding hydrogens is 278 g/mol. The first-order chi connectivity index (χ1) is 8.28. The molecule has 0 saturated carbocycles. The summed E-state index contributed by atoms with van der Waals surface area (Å²) in [5, 5.41) is 3.64. The van der Waals surface area contributed by atoms with Crippen LogP contribution in [-0.2, 0) is 6.42 Å². The molecule has 0 aromatic heterocycles. The van der Waals surface area contributed by atoms with Gasteiger partial charge in [-0.25, -0.2) is 0 Å². The van der Waals surface area contributed by atoms with Crippen molar-refractivity contribution in [2.24, 2.45) is 5.11 Å². The van der Waals surface area contributed by atoms with Crippen molar-refractivity contribution in [1.82, 2.24) is 0 Å². The minimum absolute atomic E-state index is 0.679. The molecule has 0 heterocycles. The Kier molecular flexibility index (Phi) is 2.39. The highest BCUT2D eigenvalue weighted by Gasteiger charge is 2.18. The van der Waals surface area contributed by atoms with Crippen molar-refractivity contribution in [3.63, 3.8) is 0 Å². The predicted octanol–water partition coefficient (Wildman–Crippen LogP) is 4.96. The number of rotatable bonds is 1. The molecule has 0 unspecified atom stereocenters. The van der Waals surface area contributed by atoms with Gasteiger partial charge in [0, 0.05) is 15.1 Å². The average molecular weight is 286 g/mol. The summed E-state index contributed by atoms with van der Waals surface area (Å²) in [4.78, 5) is 2.81. The summed E-state index contributed by atoms with van der Waals surface area (Å²) in [5.41, 5.74) is 14.2. The van der Waals surface area contributed by atoms with E-state index in [2.05, 4.69) is 44.2 Å². The van der Waals surface area contributed by atoms with Gasteiger partial charge in [0.25, 0.3) is 0 Å². The van der Waals surface area contributed by atoms with Gasteiger partial charge in [-0.15, -0.1) is 0 Å². The Morgan fingerprint density at radius 1 is 1.06 bits per heavy atom. The lowest BCUT2D eigenvalue weighted by atomic mass is 10.1. The smallest absolute Gasteiger partial charge is 0.0378 e. The van der Waals surface area contributed by atoms with Gasteiger partial charge in [0.05, 0.1) is 0 Å². The highest BCUT2D eigenvalue weighted by Crippen LogP contribution is 2.39. The van der Waals surface area contributed by atoms with Gasteiger partial charge in [0.1, 0.15) is 0 Å². The highest BCUT2D eigenvalue weighted by molar-refractivity contribution is 9.10. The van der Waals surface area contributed by atoms with Crippen molar-refractivity contribution in [3.05, 3.63) is 62.4 Å². The van der Waals surface area contributed by atoms with E-state index in [1.54, 1.807) is 0 Å². The van der Waals surface area contributed by atoms with Crippen LogP contribution in [0, 0.1) is 0 Å². The molecule has 0 atom stereocenters. The van der Waals surface area contributed by atoms with Crippen LogP contribution >= 0.6 is 15.9 Å². The summed E-state index contributed by atoms with van der Waals surface area (Å²) in [5.74, 6) is 0. The van der Waals surface area contributed by atoms with E-state index in [9.17, 15) is 0 Å². The lowest BCUT2D eigenvalue weighted by Crippen LogP contribution is -1.79. The van der Waals surface area contributed by atoms with Crippen LogP contribution in [-0.4, -0.2) is 0 Å². The van der Waals surface area contributed by atoms with Gasteiger partial charge < -0.3 is 0 Å². The van der Waals surface area contributed by atoms with Gasteiger partial charge >= 0.3 is 0 Å². The van der Waals surface area contributed by atoms with E-state index in [1.807, 2.05) is 18.2 Å². The lowest BCUT2D eigenvalue weighted by Gasteiger charge is -2.01. The summed E-state index contributed by atoms with van der Waals surface area (Å²) in [6.07, 6.45) is 0.902. The molecule has 1 aliphatic rings. The molecule has 2 aromatic rings. The van der Waals surface area contributed by atoms with Crippen LogP contribution in [0.5, 0.6) is 0 Å². The second-order valence-electron chi connectivity index (χ2n) is 4.01. The predicted molar refractivity (Wildman–Crippen MR) is 71.2 cm³/mol. The monoisotopic (exact) mass is 285 g/mol. The van der Waals surface area contributed by atoms with Crippen LogP contribution in [0.1, 0.15) is 11.1 Å². The first-order valence-corrected chi connectivity index (χ1v) is 6.04. The molecule has 3 nitrogen and oxygen atoms in total.